The van der Waals surface area contributed by atoms with E-state index >= 15 is 0 Å². The number of rotatable bonds is 5. The Hall–Kier alpha value is -1.37. The number of aliphatic hydroxyl groups is 1. The van der Waals surface area contributed by atoms with Crippen LogP contribution in [0.1, 0.15) is 47.6 Å². The van der Waals surface area contributed by atoms with E-state index in [1.54, 1.807) is 6.07 Å². The fraction of sp³-hybridized carbons (Fsp3) is 0.643. The zero-order chi connectivity index (χ0) is 14.5. The number of aryl methyl sites for hydroxylation is 1. The zero-order valence-electron chi connectivity index (χ0n) is 11.9. The average molecular weight is 281 g/mol. The van der Waals surface area contributed by atoms with Gasteiger partial charge in [-0.15, -0.1) is 0 Å². The Balaban J connectivity index is 2.07. The summed E-state index contributed by atoms with van der Waals surface area (Å²) in [6, 6.07) is 2.16. The van der Waals surface area contributed by atoms with Crippen LogP contribution in [0.2, 0.25) is 0 Å². The van der Waals surface area contributed by atoms with Crippen LogP contribution in [-0.4, -0.2) is 35.1 Å². The summed E-state index contributed by atoms with van der Waals surface area (Å²) in [5, 5.41) is 9.15. The highest BCUT2D eigenvalue weighted by Gasteiger charge is 2.24. The third-order valence-electron chi connectivity index (χ3n) is 3.96. The van der Waals surface area contributed by atoms with Crippen molar-refractivity contribution in [1.29, 1.82) is 0 Å². The van der Waals surface area contributed by atoms with E-state index in [9.17, 15) is 4.79 Å². The molecule has 6 nitrogen and oxygen atoms in total. The van der Waals surface area contributed by atoms with E-state index in [1.807, 2.05) is 6.92 Å². The van der Waals surface area contributed by atoms with Gasteiger partial charge in [0.05, 0.1) is 0 Å². The summed E-state index contributed by atoms with van der Waals surface area (Å²) in [4.78, 5) is 13.8. The number of amides is 1. The summed E-state index contributed by atoms with van der Waals surface area (Å²) in [7, 11) is 0. The van der Waals surface area contributed by atoms with Gasteiger partial charge in [0.2, 0.25) is 0 Å². The number of furan rings is 1. The summed E-state index contributed by atoms with van der Waals surface area (Å²) >= 11 is 0. The van der Waals surface area contributed by atoms with Gasteiger partial charge in [0.25, 0.3) is 0 Å². The number of nitrogens with two attached hydrogens (primary N) is 1. The maximum Gasteiger partial charge on any atom is 0.300 e. The molecular weight excluding hydrogens is 258 g/mol. The highest BCUT2D eigenvalue weighted by molar-refractivity contribution is 5.91. The standard InChI is InChI=1S/C14H23N3O3/c1-10-11(8-13(20-10)14(19)16-15)9-17-6-3-2-4-12(17)5-7-18/h8,12,18H,2-7,9,15H2,1H3,(H,16,19). The Morgan fingerprint density at radius 1 is 1.60 bits per heavy atom. The van der Waals surface area contributed by atoms with Gasteiger partial charge in [0, 0.05) is 24.8 Å². The van der Waals surface area contributed by atoms with Gasteiger partial charge in [0.1, 0.15) is 5.76 Å². The number of aliphatic hydroxyl groups excluding tert-OH is 1. The van der Waals surface area contributed by atoms with Gasteiger partial charge in [0.15, 0.2) is 5.76 Å². The van der Waals surface area contributed by atoms with Crippen molar-refractivity contribution < 1.29 is 14.3 Å². The lowest BCUT2D eigenvalue weighted by Gasteiger charge is -2.35. The lowest BCUT2D eigenvalue weighted by atomic mass is 9.99. The van der Waals surface area contributed by atoms with Crippen molar-refractivity contribution in [2.75, 3.05) is 13.2 Å². The van der Waals surface area contributed by atoms with Crippen LogP contribution in [-0.2, 0) is 6.54 Å². The Kier molecular flexibility index (Phi) is 5.17. The first kappa shape index (κ1) is 15.0. The van der Waals surface area contributed by atoms with Gasteiger partial charge >= 0.3 is 5.91 Å². The molecule has 1 unspecified atom stereocenters. The molecule has 4 N–H and O–H groups in total. The van der Waals surface area contributed by atoms with E-state index in [4.69, 9.17) is 15.4 Å². The van der Waals surface area contributed by atoms with Crippen molar-refractivity contribution in [2.24, 2.45) is 5.84 Å². The number of nitrogens with zero attached hydrogens (tertiary/aromatic N) is 1. The normalized spacial score (nSPS) is 20.1. The summed E-state index contributed by atoms with van der Waals surface area (Å²) in [5.41, 5.74) is 3.08. The van der Waals surface area contributed by atoms with Gasteiger partial charge in [-0.05, 0) is 38.8 Å². The van der Waals surface area contributed by atoms with Crippen LogP contribution < -0.4 is 11.3 Å². The van der Waals surface area contributed by atoms with Crippen LogP contribution in [0, 0.1) is 6.92 Å². The van der Waals surface area contributed by atoms with Gasteiger partial charge in [-0.3, -0.25) is 15.1 Å². The Bertz CT molecular complexity index is 457. The van der Waals surface area contributed by atoms with Gasteiger partial charge in [-0.1, -0.05) is 6.42 Å². The number of hydrogen-bond acceptors (Lipinski definition) is 5. The number of likely N-dealkylation sites (tertiary alicyclic amines) is 1. The molecule has 0 aromatic carbocycles. The van der Waals surface area contributed by atoms with Crippen LogP contribution in [0.3, 0.4) is 0 Å². The van der Waals surface area contributed by atoms with Crippen molar-refractivity contribution in [3.63, 3.8) is 0 Å². The predicted octanol–water partition coefficient (Wildman–Crippen LogP) is 0.928. The second-order valence-corrected chi connectivity index (χ2v) is 5.30. The van der Waals surface area contributed by atoms with E-state index in [-0.39, 0.29) is 12.4 Å². The summed E-state index contributed by atoms with van der Waals surface area (Å²) < 4.78 is 5.44. The van der Waals surface area contributed by atoms with Gasteiger partial charge < -0.3 is 9.52 Å². The Labute approximate surface area is 118 Å². The third-order valence-corrected chi connectivity index (χ3v) is 3.96. The molecule has 1 aliphatic heterocycles. The molecule has 1 aromatic rings. The first-order chi connectivity index (χ1) is 9.65. The van der Waals surface area contributed by atoms with Crippen LogP contribution >= 0.6 is 0 Å². The SMILES string of the molecule is Cc1oc(C(=O)NN)cc1CN1CCCCC1CCO. The number of carbonyl (C=O) groups is 1. The van der Waals surface area contributed by atoms with E-state index in [1.165, 1.54) is 12.8 Å². The lowest BCUT2D eigenvalue weighted by Crippen LogP contribution is -2.39. The van der Waals surface area contributed by atoms with Crippen molar-refractivity contribution in [2.45, 2.75) is 45.2 Å². The fourth-order valence-corrected chi connectivity index (χ4v) is 2.82. The predicted molar refractivity (Wildman–Crippen MR) is 74.9 cm³/mol. The average Bonchev–Trinajstić information content (AvgIpc) is 2.82. The smallest absolute Gasteiger partial charge is 0.300 e. The molecule has 0 aliphatic carbocycles. The number of carbonyl (C=O) groups excluding carboxylic acids is 1. The third kappa shape index (κ3) is 3.39. The molecule has 0 radical (unpaired) electrons. The summed E-state index contributed by atoms with van der Waals surface area (Å²) in [6.45, 7) is 3.84. The minimum Gasteiger partial charge on any atom is -0.456 e. The van der Waals surface area contributed by atoms with Crippen LogP contribution in [0.5, 0.6) is 0 Å². The van der Waals surface area contributed by atoms with Crippen LogP contribution in [0.25, 0.3) is 0 Å². The Morgan fingerprint density at radius 3 is 3.10 bits per heavy atom. The number of piperidine rings is 1. The molecule has 1 saturated heterocycles. The second-order valence-electron chi connectivity index (χ2n) is 5.30. The molecule has 0 spiro atoms. The van der Waals surface area contributed by atoms with Gasteiger partial charge in [-0.25, -0.2) is 5.84 Å². The highest BCUT2D eigenvalue weighted by atomic mass is 16.4. The quantitative estimate of drug-likeness (QED) is 0.424. The number of nitrogen functional groups attached to an aromatic ring is 1. The molecule has 0 saturated carbocycles. The van der Waals surface area contributed by atoms with Crippen LogP contribution in [0.15, 0.2) is 10.5 Å². The molecule has 2 rings (SSSR count). The first-order valence-electron chi connectivity index (χ1n) is 7.11. The largest absolute Gasteiger partial charge is 0.456 e. The lowest BCUT2D eigenvalue weighted by molar-refractivity contribution is 0.0924. The fourth-order valence-electron chi connectivity index (χ4n) is 2.82. The molecule has 112 valence electrons. The minimum absolute atomic E-state index is 0.215. The molecular formula is C14H23N3O3. The Morgan fingerprint density at radius 2 is 2.40 bits per heavy atom. The number of hydrogen-bond donors (Lipinski definition) is 3. The maximum absolute atomic E-state index is 11.5. The molecule has 6 heteroatoms. The monoisotopic (exact) mass is 281 g/mol. The topological polar surface area (TPSA) is 91.7 Å². The maximum atomic E-state index is 11.5. The molecule has 1 aliphatic rings. The van der Waals surface area contributed by atoms with Gasteiger partial charge in [-0.2, -0.15) is 0 Å². The van der Waals surface area contributed by atoms with Crippen LogP contribution in [0.4, 0.5) is 0 Å². The van der Waals surface area contributed by atoms with Crippen molar-refractivity contribution in [3.8, 4) is 0 Å². The number of hydrazine groups is 1. The van der Waals surface area contributed by atoms with E-state index in [0.717, 1.165) is 37.3 Å². The van der Waals surface area contributed by atoms with E-state index in [0.29, 0.717) is 6.04 Å². The molecule has 1 amide bonds. The molecule has 1 atom stereocenters. The number of nitrogens with one attached hydrogen (secondary N) is 1. The first-order valence-corrected chi connectivity index (χ1v) is 7.11. The molecule has 1 fully saturated rings. The second kappa shape index (κ2) is 6.88. The molecule has 1 aromatic heterocycles. The highest BCUT2D eigenvalue weighted by Crippen LogP contribution is 2.24. The van der Waals surface area contributed by atoms with E-state index in [2.05, 4.69) is 10.3 Å². The van der Waals surface area contributed by atoms with Crippen molar-refractivity contribution in [3.05, 3.63) is 23.2 Å². The summed E-state index contributed by atoms with van der Waals surface area (Å²) in [5.74, 6) is 5.69. The molecule has 0 bridgehead atoms. The molecule has 20 heavy (non-hydrogen) atoms. The summed E-state index contributed by atoms with van der Waals surface area (Å²) in [6.07, 6.45) is 4.31. The van der Waals surface area contributed by atoms with Crippen molar-refractivity contribution >= 4 is 5.91 Å². The van der Waals surface area contributed by atoms with Crippen molar-refractivity contribution in [1.82, 2.24) is 10.3 Å². The molecule has 2 heterocycles. The zero-order valence-corrected chi connectivity index (χ0v) is 11.9. The minimum atomic E-state index is -0.412. The van der Waals surface area contributed by atoms with E-state index < -0.39 is 5.91 Å².